The van der Waals surface area contributed by atoms with Crippen molar-refractivity contribution in [1.29, 1.82) is 0 Å². The zero-order chi connectivity index (χ0) is 33.3. The van der Waals surface area contributed by atoms with Gasteiger partial charge in [-0.05, 0) is 40.5 Å². The minimum Gasteiger partial charge on any atom is -0.228 e. The molecule has 234 valence electrons. The smallest absolute Gasteiger partial charge is 0.160 e. The molecular weight excluding hydrogens is 609 g/mol. The van der Waals surface area contributed by atoms with Gasteiger partial charge in [0.15, 0.2) is 11.6 Å². The lowest BCUT2D eigenvalue weighted by molar-refractivity contribution is 1.21. The van der Waals surface area contributed by atoms with E-state index in [9.17, 15) is 0 Å². The van der Waals surface area contributed by atoms with E-state index >= 15 is 0 Å². The minimum atomic E-state index is 0.658. The number of rotatable bonds is 6. The van der Waals surface area contributed by atoms with Crippen LogP contribution in [0.1, 0.15) is 0 Å². The van der Waals surface area contributed by atoms with E-state index in [1.165, 1.54) is 22.3 Å². The van der Waals surface area contributed by atoms with Crippen LogP contribution in [-0.4, -0.2) is 19.9 Å². The Bertz CT molecular complexity index is 2430. The third-order valence-corrected chi connectivity index (χ3v) is 9.12. The van der Waals surface area contributed by atoms with Crippen LogP contribution in [0.5, 0.6) is 0 Å². The fraction of sp³-hybridized carbons (Fsp3) is 0. The quantitative estimate of drug-likeness (QED) is 0.182. The molecule has 0 radical (unpaired) electrons. The van der Waals surface area contributed by atoms with Crippen molar-refractivity contribution in [3.63, 3.8) is 0 Å². The molecule has 0 aliphatic rings. The molecule has 9 rings (SSSR count). The molecule has 0 unspecified atom stereocenters. The first-order chi connectivity index (χ1) is 24.8. The van der Waals surface area contributed by atoms with E-state index in [1.807, 2.05) is 54.6 Å². The first-order valence-electron chi connectivity index (χ1n) is 16.7. The van der Waals surface area contributed by atoms with Crippen molar-refractivity contribution >= 4 is 21.8 Å². The maximum atomic E-state index is 5.17. The Labute approximate surface area is 290 Å². The van der Waals surface area contributed by atoms with Gasteiger partial charge in [-0.25, -0.2) is 19.9 Å². The van der Waals surface area contributed by atoms with Crippen LogP contribution < -0.4 is 0 Å². The highest BCUT2D eigenvalue weighted by molar-refractivity contribution is 5.95. The highest BCUT2D eigenvalue weighted by Gasteiger charge is 2.15. The predicted octanol–water partition coefficient (Wildman–Crippen LogP) is 11.6. The Morgan fingerprint density at radius 1 is 0.240 bits per heavy atom. The van der Waals surface area contributed by atoms with Gasteiger partial charge in [0, 0.05) is 33.0 Å². The lowest BCUT2D eigenvalue weighted by Gasteiger charge is -2.12. The molecule has 0 aliphatic carbocycles. The molecule has 0 atom stereocenters. The zero-order valence-electron chi connectivity index (χ0n) is 27.1. The number of fused-ring (bicyclic) bond motifs is 2. The molecule has 4 nitrogen and oxygen atoms in total. The third kappa shape index (κ3) is 5.59. The minimum absolute atomic E-state index is 0.658. The van der Waals surface area contributed by atoms with E-state index in [0.29, 0.717) is 11.6 Å². The van der Waals surface area contributed by atoms with Gasteiger partial charge >= 0.3 is 0 Å². The third-order valence-electron chi connectivity index (χ3n) is 9.12. The van der Waals surface area contributed by atoms with Gasteiger partial charge in [-0.15, -0.1) is 0 Å². The van der Waals surface area contributed by atoms with Crippen molar-refractivity contribution < 1.29 is 0 Å². The number of nitrogens with zero attached hydrogens (tertiary/aromatic N) is 4. The maximum Gasteiger partial charge on any atom is 0.160 e. The van der Waals surface area contributed by atoms with Crippen molar-refractivity contribution in [3.05, 3.63) is 182 Å². The SMILES string of the molecule is c1ccc(-c2ccc(-c3nc(-c4cccc(-c5nc(-c6ccc(-c7ccccc7)cc6)c6ccccc6n5)c4)nc4ccccc34)cc2)cc1. The van der Waals surface area contributed by atoms with Gasteiger partial charge in [0.1, 0.15) is 0 Å². The first-order valence-corrected chi connectivity index (χ1v) is 16.7. The van der Waals surface area contributed by atoms with Gasteiger partial charge < -0.3 is 0 Å². The molecule has 2 aromatic heterocycles. The average molecular weight is 639 g/mol. The van der Waals surface area contributed by atoms with E-state index in [-0.39, 0.29) is 0 Å². The second-order valence-electron chi connectivity index (χ2n) is 12.3. The van der Waals surface area contributed by atoms with Crippen LogP contribution in [0.15, 0.2) is 182 Å². The monoisotopic (exact) mass is 638 g/mol. The lowest BCUT2D eigenvalue weighted by atomic mass is 10.0. The van der Waals surface area contributed by atoms with Crippen molar-refractivity contribution in [2.24, 2.45) is 0 Å². The average Bonchev–Trinajstić information content (AvgIpc) is 3.21. The van der Waals surface area contributed by atoms with E-state index in [4.69, 9.17) is 19.9 Å². The Morgan fingerprint density at radius 2 is 0.580 bits per heavy atom. The molecule has 7 aromatic carbocycles. The van der Waals surface area contributed by atoms with E-state index in [1.54, 1.807) is 0 Å². The van der Waals surface area contributed by atoms with Gasteiger partial charge in [0.05, 0.1) is 22.4 Å². The summed E-state index contributed by atoms with van der Waals surface area (Å²) in [7, 11) is 0. The van der Waals surface area contributed by atoms with Gasteiger partial charge in [-0.1, -0.05) is 164 Å². The van der Waals surface area contributed by atoms with Crippen LogP contribution in [0.3, 0.4) is 0 Å². The number of aromatic nitrogens is 4. The van der Waals surface area contributed by atoms with Crippen molar-refractivity contribution in [1.82, 2.24) is 19.9 Å². The summed E-state index contributed by atoms with van der Waals surface area (Å²) in [5.41, 5.74) is 12.2. The molecular formula is C46H30N4. The molecule has 50 heavy (non-hydrogen) atoms. The number of hydrogen-bond acceptors (Lipinski definition) is 4. The van der Waals surface area contributed by atoms with Crippen molar-refractivity contribution in [2.45, 2.75) is 0 Å². The number of para-hydroxylation sites is 2. The summed E-state index contributed by atoms with van der Waals surface area (Å²) in [5.74, 6) is 1.32. The number of benzene rings is 7. The van der Waals surface area contributed by atoms with Gasteiger partial charge in [-0.2, -0.15) is 0 Å². The predicted molar refractivity (Wildman–Crippen MR) is 205 cm³/mol. The van der Waals surface area contributed by atoms with Crippen LogP contribution in [0.4, 0.5) is 0 Å². The van der Waals surface area contributed by atoms with Crippen LogP contribution in [0, 0.1) is 0 Å². The summed E-state index contributed by atoms with van der Waals surface area (Å²) in [4.78, 5) is 20.4. The van der Waals surface area contributed by atoms with Crippen molar-refractivity contribution in [2.75, 3.05) is 0 Å². The maximum absolute atomic E-state index is 5.17. The van der Waals surface area contributed by atoms with Crippen LogP contribution in [0.2, 0.25) is 0 Å². The van der Waals surface area contributed by atoms with E-state index in [0.717, 1.165) is 55.4 Å². The van der Waals surface area contributed by atoms with Crippen molar-refractivity contribution in [3.8, 4) is 67.5 Å². The standard InChI is InChI=1S/C46H30N4/c1-3-12-31(13-4-1)33-22-26-35(27-23-33)43-39-18-7-9-20-41(39)47-45(49-43)37-16-11-17-38(30-37)46-48-42-21-10-8-19-40(42)44(50-46)36-28-24-34(25-29-36)32-14-5-2-6-15-32/h1-30H. The molecule has 0 aliphatic heterocycles. The fourth-order valence-electron chi connectivity index (χ4n) is 6.55. The Morgan fingerprint density at radius 3 is 1.02 bits per heavy atom. The highest BCUT2D eigenvalue weighted by atomic mass is 14.9. The molecule has 0 N–H and O–H groups in total. The summed E-state index contributed by atoms with van der Waals surface area (Å²) in [6.07, 6.45) is 0. The van der Waals surface area contributed by atoms with E-state index in [2.05, 4.69) is 127 Å². The normalized spacial score (nSPS) is 11.2. The summed E-state index contributed by atoms with van der Waals surface area (Å²) in [6, 6.07) is 62.7. The Balaban J connectivity index is 1.12. The Hall–Kier alpha value is -6.78. The molecule has 9 aromatic rings. The topological polar surface area (TPSA) is 51.6 Å². The van der Waals surface area contributed by atoms with Crippen LogP contribution >= 0.6 is 0 Å². The second-order valence-corrected chi connectivity index (χ2v) is 12.3. The summed E-state index contributed by atoms with van der Waals surface area (Å²) < 4.78 is 0. The highest BCUT2D eigenvalue weighted by Crippen LogP contribution is 2.34. The van der Waals surface area contributed by atoms with Crippen LogP contribution in [0.25, 0.3) is 89.4 Å². The molecule has 4 heteroatoms. The molecule has 0 spiro atoms. The summed E-state index contributed by atoms with van der Waals surface area (Å²) in [6.45, 7) is 0. The molecule has 0 saturated heterocycles. The van der Waals surface area contributed by atoms with E-state index < -0.39 is 0 Å². The largest absolute Gasteiger partial charge is 0.228 e. The van der Waals surface area contributed by atoms with Gasteiger partial charge in [-0.3, -0.25) is 0 Å². The molecule has 0 amide bonds. The van der Waals surface area contributed by atoms with Crippen LogP contribution in [-0.2, 0) is 0 Å². The molecule has 2 heterocycles. The molecule has 0 fully saturated rings. The Kier molecular flexibility index (Phi) is 7.45. The summed E-state index contributed by atoms with van der Waals surface area (Å²) in [5, 5.41) is 2.03. The fourth-order valence-corrected chi connectivity index (χ4v) is 6.55. The second kappa shape index (κ2) is 12.7. The molecule has 0 saturated carbocycles. The number of hydrogen-bond donors (Lipinski definition) is 0. The zero-order valence-corrected chi connectivity index (χ0v) is 27.1. The molecule has 0 bridgehead atoms. The van der Waals surface area contributed by atoms with Gasteiger partial charge in [0.2, 0.25) is 0 Å². The summed E-state index contributed by atoms with van der Waals surface area (Å²) >= 11 is 0. The van der Waals surface area contributed by atoms with Gasteiger partial charge in [0.25, 0.3) is 0 Å². The first kappa shape index (κ1) is 29.4. The lowest BCUT2D eigenvalue weighted by Crippen LogP contribution is -1.97.